The number of nitrogens with one attached hydrogen (secondary N) is 1. The Morgan fingerprint density at radius 1 is 1.05 bits per heavy atom. The Morgan fingerprint density at radius 3 is 2.33 bits per heavy atom. The summed E-state index contributed by atoms with van der Waals surface area (Å²) in [4.78, 5) is 0. The monoisotopic (exact) mass is 305 g/mol. The molecule has 0 saturated heterocycles. The van der Waals surface area contributed by atoms with Crippen LogP contribution in [0.5, 0.6) is 11.5 Å². The highest BCUT2D eigenvalue weighted by molar-refractivity contribution is 7.90. The van der Waals surface area contributed by atoms with Gasteiger partial charge in [-0.3, -0.25) is 0 Å². The minimum atomic E-state index is -3.02. The highest BCUT2D eigenvalue weighted by Crippen LogP contribution is 2.29. The summed E-state index contributed by atoms with van der Waals surface area (Å²) in [5.74, 6) is 1.48. The van der Waals surface area contributed by atoms with Crippen molar-refractivity contribution in [2.75, 3.05) is 17.3 Å². The molecular formula is C16H19NO3S. The average molecular weight is 305 g/mol. The molecule has 21 heavy (non-hydrogen) atoms. The summed E-state index contributed by atoms with van der Waals surface area (Å²) >= 11 is 0. The fourth-order valence-electron chi connectivity index (χ4n) is 2.05. The minimum absolute atomic E-state index is 0.0761. The van der Waals surface area contributed by atoms with Crippen LogP contribution in [0.1, 0.15) is 6.92 Å². The molecule has 0 amide bonds. The van der Waals surface area contributed by atoms with E-state index in [-0.39, 0.29) is 11.8 Å². The number of benzene rings is 2. The number of hydrogen-bond acceptors (Lipinski definition) is 4. The van der Waals surface area contributed by atoms with Crippen LogP contribution >= 0.6 is 0 Å². The number of ether oxygens (including phenoxy) is 1. The number of sulfone groups is 1. The first-order valence-electron chi connectivity index (χ1n) is 6.70. The maximum Gasteiger partial charge on any atom is 0.150 e. The third kappa shape index (κ3) is 5.11. The lowest BCUT2D eigenvalue weighted by Crippen LogP contribution is -2.25. The van der Waals surface area contributed by atoms with Crippen LogP contribution in [-0.4, -0.2) is 26.5 Å². The molecule has 0 heterocycles. The average Bonchev–Trinajstić information content (AvgIpc) is 2.40. The van der Waals surface area contributed by atoms with Gasteiger partial charge in [-0.05, 0) is 31.2 Å². The van der Waals surface area contributed by atoms with E-state index < -0.39 is 9.84 Å². The number of rotatable bonds is 6. The molecule has 0 aliphatic rings. The summed E-state index contributed by atoms with van der Waals surface area (Å²) in [6, 6.07) is 16.8. The summed E-state index contributed by atoms with van der Waals surface area (Å²) in [6.07, 6.45) is 1.23. The zero-order chi connectivity index (χ0) is 15.3. The number of anilines is 1. The molecule has 1 unspecified atom stereocenters. The normalized spacial score (nSPS) is 12.7. The second-order valence-corrected chi connectivity index (χ2v) is 7.23. The Bertz CT molecular complexity index is 684. The van der Waals surface area contributed by atoms with Crippen LogP contribution in [0.2, 0.25) is 0 Å². The van der Waals surface area contributed by atoms with Crippen molar-refractivity contribution in [2.24, 2.45) is 0 Å². The third-order valence-corrected chi connectivity index (χ3v) is 3.92. The van der Waals surface area contributed by atoms with E-state index in [0.29, 0.717) is 5.75 Å². The molecule has 112 valence electrons. The van der Waals surface area contributed by atoms with Gasteiger partial charge in [0.05, 0.1) is 11.4 Å². The van der Waals surface area contributed by atoms with Gasteiger partial charge in [0.2, 0.25) is 0 Å². The van der Waals surface area contributed by atoms with E-state index in [4.69, 9.17) is 4.74 Å². The minimum Gasteiger partial charge on any atom is -0.455 e. The molecule has 5 heteroatoms. The van der Waals surface area contributed by atoms with E-state index in [2.05, 4.69) is 5.32 Å². The first-order chi connectivity index (χ1) is 9.94. The van der Waals surface area contributed by atoms with Crippen molar-refractivity contribution in [1.82, 2.24) is 0 Å². The molecule has 2 rings (SSSR count). The Labute approximate surface area is 125 Å². The maximum absolute atomic E-state index is 11.3. The molecule has 1 atom stereocenters. The van der Waals surface area contributed by atoms with Gasteiger partial charge < -0.3 is 10.1 Å². The number of para-hydroxylation sites is 3. The summed E-state index contributed by atoms with van der Waals surface area (Å²) in [5, 5.41) is 3.18. The van der Waals surface area contributed by atoms with Crippen LogP contribution in [0, 0.1) is 0 Å². The van der Waals surface area contributed by atoms with Crippen molar-refractivity contribution in [3.8, 4) is 11.5 Å². The Morgan fingerprint density at radius 2 is 1.67 bits per heavy atom. The highest BCUT2D eigenvalue weighted by Gasteiger charge is 2.12. The topological polar surface area (TPSA) is 55.4 Å². The van der Waals surface area contributed by atoms with Gasteiger partial charge in [0.1, 0.15) is 15.6 Å². The molecule has 0 bridgehead atoms. The second kappa shape index (κ2) is 6.63. The van der Waals surface area contributed by atoms with Gasteiger partial charge in [0.25, 0.3) is 0 Å². The predicted octanol–water partition coefficient (Wildman–Crippen LogP) is 3.32. The second-order valence-electron chi connectivity index (χ2n) is 5.05. The predicted molar refractivity (Wildman–Crippen MR) is 85.8 cm³/mol. The fourth-order valence-corrected chi connectivity index (χ4v) is 3.04. The van der Waals surface area contributed by atoms with E-state index in [9.17, 15) is 8.42 Å². The van der Waals surface area contributed by atoms with E-state index >= 15 is 0 Å². The molecular weight excluding hydrogens is 286 g/mol. The van der Waals surface area contributed by atoms with Crippen LogP contribution in [0.4, 0.5) is 5.69 Å². The Balaban J connectivity index is 2.13. The van der Waals surface area contributed by atoms with E-state index in [1.807, 2.05) is 61.5 Å². The van der Waals surface area contributed by atoms with Crippen molar-refractivity contribution in [2.45, 2.75) is 13.0 Å². The molecule has 0 spiro atoms. The first kappa shape index (κ1) is 15.4. The highest BCUT2D eigenvalue weighted by atomic mass is 32.2. The van der Waals surface area contributed by atoms with Crippen LogP contribution < -0.4 is 10.1 Å². The standard InChI is InChI=1S/C16H19NO3S/c1-13(12-21(2,18)19)17-15-10-6-7-11-16(15)20-14-8-4-3-5-9-14/h3-11,13,17H,12H2,1-2H3. The first-order valence-corrected chi connectivity index (χ1v) is 8.76. The quantitative estimate of drug-likeness (QED) is 0.889. The molecule has 0 saturated carbocycles. The lowest BCUT2D eigenvalue weighted by molar-refractivity contribution is 0.484. The smallest absolute Gasteiger partial charge is 0.150 e. The summed E-state index contributed by atoms with van der Waals surface area (Å²) in [7, 11) is -3.02. The molecule has 0 aliphatic carbocycles. The molecule has 0 radical (unpaired) electrons. The van der Waals surface area contributed by atoms with Crippen LogP contribution in [0.15, 0.2) is 54.6 Å². The third-order valence-electron chi connectivity index (χ3n) is 2.81. The SMILES string of the molecule is CC(CS(C)(=O)=O)Nc1ccccc1Oc1ccccc1. The molecule has 1 N–H and O–H groups in total. The van der Waals surface area contributed by atoms with Crippen molar-refractivity contribution in [1.29, 1.82) is 0 Å². The van der Waals surface area contributed by atoms with Crippen molar-refractivity contribution < 1.29 is 13.2 Å². The maximum atomic E-state index is 11.3. The van der Waals surface area contributed by atoms with Crippen LogP contribution in [0.3, 0.4) is 0 Å². The van der Waals surface area contributed by atoms with Gasteiger partial charge in [-0.2, -0.15) is 0 Å². The molecule has 2 aromatic rings. The van der Waals surface area contributed by atoms with Crippen LogP contribution in [-0.2, 0) is 9.84 Å². The van der Waals surface area contributed by atoms with E-state index in [1.54, 1.807) is 0 Å². The van der Waals surface area contributed by atoms with Crippen molar-refractivity contribution in [3.05, 3.63) is 54.6 Å². The van der Waals surface area contributed by atoms with Gasteiger partial charge in [-0.25, -0.2) is 8.42 Å². The van der Waals surface area contributed by atoms with Crippen molar-refractivity contribution >= 4 is 15.5 Å². The molecule has 0 fully saturated rings. The van der Waals surface area contributed by atoms with Crippen molar-refractivity contribution in [3.63, 3.8) is 0 Å². The van der Waals surface area contributed by atoms with Gasteiger partial charge in [-0.15, -0.1) is 0 Å². The van der Waals surface area contributed by atoms with Gasteiger partial charge in [0, 0.05) is 12.3 Å². The van der Waals surface area contributed by atoms with Gasteiger partial charge >= 0.3 is 0 Å². The zero-order valence-electron chi connectivity index (χ0n) is 12.1. The largest absolute Gasteiger partial charge is 0.455 e. The Kier molecular flexibility index (Phi) is 4.85. The van der Waals surface area contributed by atoms with Gasteiger partial charge in [-0.1, -0.05) is 30.3 Å². The lowest BCUT2D eigenvalue weighted by atomic mass is 10.2. The summed E-state index contributed by atoms with van der Waals surface area (Å²) < 4.78 is 28.5. The van der Waals surface area contributed by atoms with Crippen LogP contribution in [0.25, 0.3) is 0 Å². The van der Waals surface area contributed by atoms with E-state index in [0.717, 1.165) is 11.4 Å². The summed E-state index contributed by atoms with van der Waals surface area (Å²) in [6.45, 7) is 1.83. The number of hydrogen-bond donors (Lipinski definition) is 1. The molecule has 0 aliphatic heterocycles. The van der Waals surface area contributed by atoms with E-state index in [1.165, 1.54) is 6.26 Å². The molecule has 2 aromatic carbocycles. The van der Waals surface area contributed by atoms with Gasteiger partial charge in [0.15, 0.2) is 5.75 Å². The Hall–Kier alpha value is -2.01. The fraction of sp³-hybridized carbons (Fsp3) is 0.250. The lowest BCUT2D eigenvalue weighted by Gasteiger charge is -2.17. The molecule has 0 aromatic heterocycles. The summed E-state index contributed by atoms with van der Waals surface area (Å²) in [5.41, 5.74) is 0.775. The molecule has 4 nitrogen and oxygen atoms in total. The zero-order valence-corrected chi connectivity index (χ0v) is 12.9.